The molecule has 0 saturated carbocycles. The van der Waals surface area contributed by atoms with Gasteiger partial charge in [-0.05, 0) is 48.5 Å². The van der Waals surface area contributed by atoms with Gasteiger partial charge in [-0.3, -0.25) is 9.88 Å². The molecular weight excluding hydrogens is 838 g/mol. The molecule has 0 radical (unpaired) electrons. The van der Waals surface area contributed by atoms with Crippen LogP contribution in [-0.2, 0) is 26.2 Å². The normalized spacial score (nSPS) is 18.2. The van der Waals surface area contributed by atoms with Crippen LogP contribution in [0.5, 0.6) is 0 Å². The van der Waals surface area contributed by atoms with E-state index < -0.39 is 0 Å². The van der Waals surface area contributed by atoms with E-state index in [1.54, 1.807) is 14.7 Å². The van der Waals surface area contributed by atoms with Crippen LogP contribution in [0, 0.1) is 0 Å². The molecule has 8 aromatic rings. The number of nitrogens with one attached hydrogen (secondary N) is 5. The molecule has 1 saturated heterocycles. The summed E-state index contributed by atoms with van der Waals surface area (Å²) in [6.07, 6.45) is 0. The third kappa shape index (κ3) is 10.8. The first-order valence-corrected chi connectivity index (χ1v) is 20.4. The molecule has 0 aliphatic carbocycles. The van der Waals surface area contributed by atoms with E-state index in [1.807, 2.05) is 0 Å². The van der Waals surface area contributed by atoms with E-state index in [1.165, 1.54) is 49.7 Å². The van der Waals surface area contributed by atoms with Crippen molar-refractivity contribution < 1.29 is 78.2 Å². The number of pyridine rings is 4. The summed E-state index contributed by atoms with van der Waals surface area (Å²) in [5, 5.41) is 4.90. The Kier molecular flexibility index (Phi) is 14.8. The minimum atomic E-state index is 0. The molecule has 2 atom stereocenters. The van der Waals surface area contributed by atoms with Gasteiger partial charge in [-0.25, -0.2) is 15.0 Å². The van der Waals surface area contributed by atoms with E-state index >= 15 is 0 Å². The van der Waals surface area contributed by atoms with Gasteiger partial charge in [0.2, 0.25) is 22.4 Å². The Morgan fingerprint density at radius 2 is 0.845 bits per heavy atom. The first-order valence-electron chi connectivity index (χ1n) is 20.4. The molecule has 4 aromatic carbocycles. The number of H-pyrrole nitrogens is 2. The third-order valence-electron chi connectivity index (χ3n) is 11.7. The average Bonchev–Trinajstić information content (AvgIpc) is 3.24. The molecule has 5 N–H and O–H groups in total. The number of quaternary nitrogens is 3. The van der Waals surface area contributed by atoms with Crippen molar-refractivity contribution in [2.45, 2.75) is 26.2 Å². The van der Waals surface area contributed by atoms with Gasteiger partial charge in [-0.15, -0.1) is 0 Å². The maximum Gasteiger partial charge on any atom is 1.00 e. The molecule has 0 amide bonds. The predicted molar refractivity (Wildman–Crippen MR) is 223 cm³/mol. The third-order valence-corrected chi connectivity index (χ3v) is 11.7. The van der Waals surface area contributed by atoms with Crippen molar-refractivity contribution in [3.05, 3.63) is 168 Å². The molecule has 10 heteroatoms. The van der Waals surface area contributed by atoms with Crippen molar-refractivity contribution in [1.29, 1.82) is 0 Å². The van der Waals surface area contributed by atoms with Gasteiger partial charge in [0.25, 0.3) is 0 Å². The number of halogens is 1. The number of aromatic nitrogens is 4. The smallest absolute Gasteiger partial charge is 1.00 e. The van der Waals surface area contributed by atoms with Gasteiger partial charge in [0, 0.05) is 65.4 Å². The zero-order valence-electron chi connectivity index (χ0n) is 33.6. The van der Waals surface area contributed by atoms with Crippen LogP contribution in [0.3, 0.4) is 0 Å². The summed E-state index contributed by atoms with van der Waals surface area (Å²) in [5.74, 6) is 0. The van der Waals surface area contributed by atoms with Crippen molar-refractivity contribution in [3.63, 3.8) is 0 Å². The van der Waals surface area contributed by atoms with E-state index in [9.17, 15) is 0 Å². The number of hydrogen-bond donors (Lipinski definition) is 3. The van der Waals surface area contributed by atoms with Gasteiger partial charge in [0.1, 0.15) is 32.7 Å². The molecule has 1 aliphatic heterocycles. The molecule has 58 heavy (non-hydrogen) atoms. The molecule has 8 nitrogen and oxygen atoms in total. The van der Waals surface area contributed by atoms with Gasteiger partial charge in [0.05, 0.1) is 35.5 Å². The molecule has 1 fully saturated rings. The van der Waals surface area contributed by atoms with Crippen LogP contribution in [0.4, 0.5) is 0 Å². The Labute approximate surface area is 380 Å². The summed E-state index contributed by atoms with van der Waals surface area (Å²) >= 11 is 0. The topological polar surface area (TPSA) is 70.6 Å². The summed E-state index contributed by atoms with van der Waals surface area (Å²) in [4.78, 5) is 25.3. The molecule has 2 unspecified atom stereocenters. The summed E-state index contributed by atoms with van der Waals surface area (Å²) in [6.45, 7) is 12.2. The number of benzene rings is 4. The van der Waals surface area contributed by atoms with E-state index in [4.69, 9.17) is 9.97 Å². The van der Waals surface area contributed by atoms with Crippen LogP contribution in [0.25, 0.3) is 43.6 Å². The fourth-order valence-corrected chi connectivity index (χ4v) is 8.47. The fraction of sp³-hybridized carbons (Fsp3) is 0.250. The van der Waals surface area contributed by atoms with Gasteiger partial charge < -0.3 is 38.7 Å². The van der Waals surface area contributed by atoms with Crippen LogP contribution in [0.2, 0.25) is 0 Å². The minimum absolute atomic E-state index is 0. The van der Waals surface area contributed by atoms with Crippen molar-refractivity contribution in [1.82, 2.24) is 14.9 Å². The number of hydrogen-bond acceptors (Lipinski definition) is 3. The maximum absolute atomic E-state index is 5.14. The quantitative estimate of drug-likeness (QED) is 0.111. The summed E-state index contributed by atoms with van der Waals surface area (Å²) < 4.78 is 0. The number of fused-ring (bicyclic) bond motifs is 4. The number of para-hydroxylation sites is 4. The van der Waals surface area contributed by atoms with Crippen molar-refractivity contribution >= 4 is 43.6 Å². The maximum atomic E-state index is 5.14. The Morgan fingerprint density at radius 1 is 0.431 bits per heavy atom. The minimum Gasteiger partial charge on any atom is -1.00 e. The van der Waals surface area contributed by atoms with Crippen LogP contribution in [-0.4, -0.2) is 67.2 Å². The Balaban J connectivity index is 0.00000256. The van der Waals surface area contributed by atoms with Crippen molar-refractivity contribution in [2.24, 2.45) is 0 Å². The zero-order chi connectivity index (χ0) is 37.5. The van der Waals surface area contributed by atoms with Crippen molar-refractivity contribution in [3.8, 4) is 0 Å². The monoisotopic (exact) mass is 891 g/mol. The summed E-state index contributed by atoms with van der Waals surface area (Å²) in [5.41, 5.74) is 9.44. The molecular formula is C48H53IN8Na+5. The first kappa shape index (κ1) is 42.2. The van der Waals surface area contributed by atoms with E-state index in [0.717, 1.165) is 95.3 Å². The average molecular weight is 892 g/mol. The molecule has 0 bridgehead atoms. The molecule has 0 spiro atoms. The van der Waals surface area contributed by atoms with Gasteiger partial charge in [0.15, 0.2) is 13.1 Å². The number of rotatable bonds is 8. The van der Waals surface area contributed by atoms with Crippen LogP contribution in [0.1, 0.15) is 22.8 Å². The largest absolute Gasteiger partial charge is 1.00 e. The van der Waals surface area contributed by atoms with Crippen LogP contribution < -0.4 is 78.2 Å². The van der Waals surface area contributed by atoms with Crippen LogP contribution in [0.15, 0.2) is 146 Å². The summed E-state index contributed by atoms with van der Waals surface area (Å²) in [7, 11) is 0. The molecule has 9 rings (SSSR count). The molecule has 5 heterocycles. The molecule has 1 aliphatic rings. The van der Waals surface area contributed by atoms with E-state index in [2.05, 4.69) is 160 Å². The summed E-state index contributed by atoms with van der Waals surface area (Å²) in [6, 6.07) is 52.2. The van der Waals surface area contributed by atoms with Gasteiger partial charge in [-0.1, -0.05) is 72.8 Å². The fourth-order valence-electron chi connectivity index (χ4n) is 8.47. The standard InChI is InChI=1S/C48H48N8.HI.Na/c1-5-13-45-37(9-1)17-21-41(49-45)33-53-25-27-54(34-42-22-18-38-10-2-6-14-46(38)50-42)29-31-56(36-44-24-20-40-12-4-8-16-48(40)52-44)32-30-55(28-26-53)35-43-23-19-39-11-3-7-15-47(39)51-43;;/h1-24H,25-36H2;1H;/q;;+1/p+4. The van der Waals surface area contributed by atoms with Crippen molar-refractivity contribution in [2.75, 3.05) is 52.4 Å². The van der Waals surface area contributed by atoms with E-state index in [-0.39, 0.29) is 53.5 Å². The number of nitrogens with zero attached hydrogens (tertiary/aromatic N) is 3. The van der Waals surface area contributed by atoms with Gasteiger partial charge >= 0.3 is 29.6 Å². The van der Waals surface area contributed by atoms with Crippen LogP contribution >= 0.6 is 0 Å². The predicted octanol–water partition coefficient (Wildman–Crippen LogP) is -3.20. The Bertz CT molecular complexity index is 2210. The SMILES string of the molecule is [I-].[Na+].c1ccc2nc(CN3CC[NH+](Cc4ccc5ccccc5[nH+]4)CC[NH+](Cc4ccc5ccccc5n4)CC[NH+](Cc4ccc5ccccc5[nH+]4)CC3)ccc2c1. The van der Waals surface area contributed by atoms with Gasteiger partial charge in [-0.2, -0.15) is 0 Å². The molecule has 288 valence electrons. The Hall–Kier alpha value is -3.91. The zero-order valence-corrected chi connectivity index (χ0v) is 37.7. The second kappa shape index (κ2) is 20.4. The second-order valence-corrected chi connectivity index (χ2v) is 15.7. The number of aromatic amines is 2. The molecule has 4 aromatic heterocycles. The first-order chi connectivity index (χ1) is 27.7. The second-order valence-electron chi connectivity index (χ2n) is 15.7. The van der Waals surface area contributed by atoms with E-state index in [0.29, 0.717) is 0 Å². The Morgan fingerprint density at radius 3 is 1.38 bits per heavy atom.